The molecule has 3 aromatic rings. The average molecular weight is 399 g/mol. The highest BCUT2D eigenvalue weighted by molar-refractivity contribution is 7.17. The van der Waals surface area contributed by atoms with Crippen LogP contribution in [0.25, 0.3) is 10.2 Å². The first-order chi connectivity index (χ1) is 13.6. The van der Waals surface area contributed by atoms with E-state index in [1.165, 1.54) is 22.2 Å². The van der Waals surface area contributed by atoms with Gasteiger partial charge in [-0.25, -0.2) is 9.97 Å². The number of rotatable bonds is 3. The van der Waals surface area contributed by atoms with Crippen LogP contribution in [0.1, 0.15) is 18.9 Å². The number of aliphatic hydroxyl groups excluding tert-OH is 1. The van der Waals surface area contributed by atoms with Gasteiger partial charge >= 0.3 is 0 Å². The van der Waals surface area contributed by atoms with Crippen LogP contribution >= 0.6 is 11.3 Å². The molecule has 5 rings (SSSR count). The Labute approximate surface area is 165 Å². The van der Waals surface area contributed by atoms with E-state index in [9.17, 15) is 14.7 Å². The molecule has 4 atom stereocenters. The van der Waals surface area contributed by atoms with Gasteiger partial charge < -0.3 is 14.6 Å². The number of aliphatic hydroxyl groups is 1. The summed E-state index contributed by atoms with van der Waals surface area (Å²) in [4.78, 5) is 35.6. The Hall–Kier alpha value is -2.52. The van der Waals surface area contributed by atoms with Crippen molar-refractivity contribution in [3.05, 3.63) is 46.8 Å². The predicted octanol–water partition coefficient (Wildman–Crippen LogP) is 1.13. The molecule has 2 aliphatic rings. The van der Waals surface area contributed by atoms with Crippen molar-refractivity contribution in [2.45, 2.75) is 31.5 Å². The van der Waals surface area contributed by atoms with Gasteiger partial charge in [0.2, 0.25) is 5.91 Å². The van der Waals surface area contributed by atoms with Gasteiger partial charge in [-0.1, -0.05) is 0 Å². The first kappa shape index (κ1) is 17.6. The summed E-state index contributed by atoms with van der Waals surface area (Å²) in [6.45, 7) is 1.32. The maximum atomic E-state index is 12.8. The van der Waals surface area contributed by atoms with Gasteiger partial charge in [0.15, 0.2) is 0 Å². The van der Waals surface area contributed by atoms with E-state index >= 15 is 0 Å². The van der Waals surface area contributed by atoms with Gasteiger partial charge in [-0.15, -0.1) is 11.3 Å². The zero-order valence-corrected chi connectivity index (χ0v) is 16.0. The van der Waals surface area contributed by atoms with Crippen molar-refractivity contribution in [3.63, 3.8) is 0 Å². The number of hydrogen-bond donors (Lipinski definition) is 1. The lowest BCUT2D eigenvalue weighted by Gasteiger charge is -2.35. The van der Waals surface area contributed by atoms with E-state index in [-0.39, 0.29) is 24.1 Å². The molecule has 1 saturated carbocycles. The number of thiophene rings is 1. The normalized spacial score (nSPS) is 27.2. The van der Waals surface area contributed by atoms with E-state index in [4.69, 9.17) is 0 Å². The summed E-state index contributed by atoms with van der Waals surface area (Å²) in [7, 11) is 0. The number of carbonyl (C=O) groups is 1. The highest BCUT2D eigenvalue weighted by atomic mass is 32.1. The molecule has 1 aliphatic heterocycles. The largest absolute Gasteiger partial charge is 0.391 e. The minimum absolute atomic E-state index is 0.00635. The summed E-state index contributed by atoms with van der Waals surface area (Å²) in [5, 5.41) is 12.4. The fraction of sp³-hybridized carbons (Fsp3) is 0.474. The van der Waals surface area contributed by atoms with Crippen LogP contribution < -0.4 is 5.56 Å². The molecule has 146 valence electrons. The molecule has 4 heterocycles. The molecule has 3 aromatic heterocycles. The zero-order chi connectivity index (χ0) is 19.3. The van der Waals surface area contributed by atoms with Gasteiger partial charge in [0.05, 0.1) is 30.3 Å². The Morgan fingerprint density at radius 3 is 2.86 bits per heavy atom. The summed E-state index contributed by atoms with van der Waals surface area (Å²) in [6.07, 6.45) is 7.88. The van der Waals surface area contributed by atoms with Crippen LogP contribution in [-0.4, -0.2) is 54.2 Å². The van der Waals surface area contributed by atoms with Gasteiger partial charge in [0.1, 0.15) is 11.2 Å². The summed E-state index contributed by atoms with van der Waals surface area (Å²) < 4.78 is 3.94. The number of hydrogen-bond acceptors (Lipinski definition) is 6. The maximum Gasteiger partial charge on any atom is 0.271 e. The van der Waals surface area contributed by atoms with Crippen LogP contribution in [0.5, 0.6) is 0 Å². The number of amides is 1. The molecule has 9 heteroatoms. The predicted molar refractivity (Wildman–Crippen MR) is 104 cm³/mol. The number of nitrogens with zero attached hydrogens (tertiary/aromatic N) is 5. The van der Waals surface area contributed by atoms with E-state index in [1.807, 2.05) is 21.0 Å². The van der Waals surface area contributed by atoms with Crippen LogP contribution in [-0.2, 0) is 11.3 Å². The van der Waals surface area contributed by atoms with Gasteiger partial charge in [0.25, 0.3) is 5.56 Å². The summed E-state index contributed by atoms with van der Waals surface area (Å²) in [5.74, 6) is 0.589. The SMILES string of the molecule is O=C(Cn1cnc2ccsc2c1=O)N1C[C@H]2C[C@@H](n3ccnc3)[C@H](O)C[C@H]2C1. The monoisotopic (exact) mass is 399 g/mol. The van der Waals surface area contributed by atoms with Crippen molar-refractivity contribution < 1.29 is 9.90 Å². The Kier molecular flexibility index (Phi) is 4.28. The zero-order valence-electron chi connectivity index (χ0n) is 15.2. The van der Waals surface area contributed by atoms with Crippen LogP contribution in [0.3, 0.4) is 0 Å². The summed E-state index contributed by atoms with van der Waals surface area (Å²) in [5.41, 5.74) is 0.506. The standard InChI is InChI=1S/C19H21N5O3S/c25-16-6-13-8-23(7-12(13)5-15(16)22-3-2-20-10-22)17(26)9-24-11-21-14-1-4-28-18(14)19(24)27/h1-4,10-13,15-16,25H,5-9H2/t12-,13+,15-,16-/m1/s1. The third kappa shape index (κ3) is 2.94. The molecule has 1 amide bonds. The van der Waals surface area contributed by atoms with Crippen molar-refractivity contribution in [1.82, 2.24) is 24.0 Å². The van der Waals surface area contributed by atoms with E-state index in [2.05, 4.69) is 9.97 Å². The molecular formula is C19H21N5O3S. The third-order valence-electron chi connectivity index (χ3n) is 6.11. The fourth-order valence-corrected chi connectivity index (χ4v) is 5.43. The van der Waals surface area contributed by atoms with Crippen molar-refractivity contribution in [3.8, 4) is 0 Å². The van der Waals surface area contributed by atoms with Gasteiger partial charge in [-0.2, -0.15) is 0 Å². The molecule has 1 saturated heterocycles. The molecular weight excluding hydrogens is 378 g/mol. The molecule has 0 bridgehead atoms. The van der Waals surface area contributed by atoms with Crippen LogP contribution in [0.4, 0.5) is 0 Å². The molecule has 0 spiro atoms. The van der Waals surface area contributed by atoms with Crippen LogP contribution in [0, 0.1) is 11.8 Å². The molecule has 0 unspecified atom stereocenters. The molecule has 28 heavy (non-hydrogen) atoms. The molecule has 2 fully saturated rings. The van der Waals surface area contributed by atoms with Gasteiger partial charge in [0, 0.05) is 25.5 Å². The summed E-state index contributed by atoms with van der Waals surface area (Å²) in [6, 6.07) is 1.81. The Morgan fingerprint density at radius 1 is 1.25 bits per heavy atom. The Balaban J connectivity index is 1.29. The number of carbonyl (C=O) groups excluding carboxylic acids is 1. The highest BCUT2D eigenvalue weighted by Crippen LogP contribution is 2.41. The molecule has 0 aromatic carbocycles. The van der Waals surface area contributed by atoms with Crippen LogP contribution in [0.2, 0.25) is 0 Å². The Bertz CT molecular complexity index is 1060. The molecule has 1 N–H and O–H groups in total. The lowest BCUT2D eigenvalue weighted by atomic mass is 9.77. The fourth-order valence-electron chi connectivity index (χ4n) is 4.63. The number of likely N-dealkylation sites (tertiary alicyclic amines) is 1. The Morgan fingerprint density at radius 2 is 2.07 bits per heavy atom. The molecule has 0 radical (unpaired) electrons. The van der Waals surface area contributed by atoms with Gasteiger partial charge in [-0.05, 0) is 36.1 Å². The lowest BCUT2D eigenvalue weighted by Crippen LogP contribution is -2.35. The van der Waals surface area contributed by atoms with Crippen molar-refractivity contribution >= 4 is 27.5 Å². The average Bonchev–Trinajstić information content (AvgIpc) is 3.43. The lowest BCUT2D eigenvalue weighted by molar-refractivity contribution is -0.131. The van der Waals surface area contributed by atoms with E-state index < -0.39 is 6.10 Å². The first-order valence-corrected chi connectivity index (χ1v) is 10.3. The topological polar surface area (TPSA) is 93.3 Å². The van der Waals surface area contributed by atoms with E-state index in [0.717, 1.165) is 6.42 Å². The number of imidazole rings is 1. The highest BCUT2D eigenvalue weighted by Gasteiger charge is 2.43. The van der Waals surface area contributed by atoms with E-state index in [1.54, 1.807) is 18.6 Å². The second-order valence-corrected chi connectivity index (χ2v) is 8.66. The minimum Gasteiger partial charge on any atom is -0.391 e. The van der Waals surface area contributed by atoms with Gasteiger partial charge in [-0.3, -0.25) is 14.2 Å². The van der Waals surface area contributed by atoms with Crippen molar-refractivity contribution in [2.75, 3.05) is 13.1 Å². The molecule has 1 aliphatic carbocycles. The second kappa shape index (κ2) is 6.82. The van der Waals surface area contributed by atoms with Crippen molar-refractivity contribution in [1.29, 1.82) is 0 Å². The smallest absolute Gasteiger partial charge is 0.271 e. The number of fused-ring (bicyclic) bond motifs is 2. The molecule has 8 nitrogen and oxygen atoms in total. The summed E-state index contributed by atoms with van der Waals surface area (Å²) >= 11 is 1.35. The maximum absolute atomic E-state index is 12.8. The first-order valence-electron chi connectivity index (χ1n) is 9.46. The second-order valence-electron chi connectivity index (χ2n) is 7.75. The number of aromatic nitrogens is 4. The van der Waals surface area contributed by atoms with Crippen LogP contribution in [0.15, 0.2) is 41.3 Å². The van der Waals surface area contributed by atoms with Crippen molar-refractivity contribution in [2.24, 2.45) is 11.8 Å². The van der Waals surface area contributed by atoms with E-state index in [0.29, 0.717) is 41.6 Å². The minimum atomic E-state index is -0.432. The third-order valence-corrected chi connectivity index (χ3v) is 7.00. The quantitative estimate of drug-likeness (QED) is 0.713.